The van der Waals surface area contributed by atoms with E-state index in [2.05, 4.69) is 12.1 Å². The van der Waals surface area contributed by atoms with Gasteiger partial charge in [0.2, 0.25) is 0 Å². The summed E-state index contributed by atoms with van der Waals surface area (Å²) in [7, 11) is 0. The number of nitrogens with zero attached hydrogens (tertiary/aromatic N) is 1. The second-order valence-electron chi connectivity index (χ2n) is 2.26. The van der Waals surface area contributed by atoms with E-state index in [1.807, 2.05) is 6.92 Å². The minimum atomic E-state index is 0.768. The largest absolute Gasteiger partial charge is 0.396 e. The van der Waals surface area contributed by atoms with Crippen LogP contribution in [0.5, 0.6) is 0 Å². The summed E-state index contributed by atoms with van der Waals surface area (Å²) in [4.78, 5) is 4.90. The molecule has 0 fully saturated rings. The minimum Gasteiger partial charge on any atom is -0.396 e. The van der Waals surface area contributed by atoms with E-state index in [4.69, 9.17) is 4.84 Å². The maximum absolute atomic E-state index is 4.90. The van der Waals surface area contributed by atoms with Gasteiger partial charge in [0, 0.05) is 6.21 Å². The number of oxime groups is 1. The summed E-state index contributed by atoms with van der Waals surface area (Å²) in [6.45, 7) is 4.82. The third kappa shape index (κ3) is 7.47. The Balaban J connectivity index is 2.77. The van der Waals surface area contributed by atoms with Crippen LogP contribution in [0.4, 0.5) is 0 Å². The van der Waals surface area contributed by atoms with E-state index in [-0.39, 0.29) is 0 Å². The smallest absolute Gasteiger partial charge is 0.117 e. The molecule has 0 aromatic heterocycles. The second kappa shape index (κ2) is 8.47. The lowest BCUT2D eigenvalue weighted by molar-refractivity contribution is 0.141. The molecule has 0 heterocycles. The number of rotatable bonds is 6. The van der Waals surface area contributed by atoms with Crippen LogP contribution >= 0.6 is 0 Å². The molecule has 60 valence electrons. The first-order valence-electron chi connectivity index (χ1n) is 4.01. The molecule has 0 saturated carbocycles. The molecule has 2 nitrogen and oxygen atoms in total. The van der Waals surface area contributed by atoms with Crippen LogP contribution in [0, 0.1) is 0 Å². The molecule has 0 rings (SSSR count). The van der Waals surface area contributed by atoms with E-state index in [1.165, 1.54) is 19.3 Å². The van der Waals surface area contributed by atoms with Gasteiger partial charge in [-0.2, -0.15) is 0 Å². The van der Waals surface area contributed by atoms with E-state index in [1.54, 1.807) is 6.21 Å². The first kappa shape index (κ1) is 9.47. The van der Waals surface area contributed by atoms with Crippen LogP contribution in [0.2, 0.25) is 0 Å². The molecule has 0 aliphatic rings. The Morgan fingerprint density at radius 3 is 2.70 bits per heavy atom. The van der Waals surface area contributed by atoms with Crippen molar-refractivity contribution >= 4 is 6.21 Å². The molecule has 0 aliphatic carbocycles. The summed E-state index contributed by atoms with van der Waals surface area (Å²) in [6, 6.07) is 0. The fourth-order valence-corrected chi connectivity index (χ4v) is 0.721. The Hall–Kier alpha value is -0.530. The van der Waals surface area contributed by atoms with Gasteiger partial charge >= 0.3 is 0 Å². The van der Waals surface area contributed by atoms with Crippen LogP contribution in [0.3, 0.4) is 0 Å². The van der Waals surface area contributed by atoms with Crippen molar-refractivity contribution in [1.29, 1.82) is 0 Å². The van der Waals surface area contributed by atoms with Crippen molar-refractivity contribution < 1.29 is 4.84 Å². The molecule has 0 saturated heterocycles. The van der Waals surface area contributed by atoms with Gasteiger partial charge in [0.1, 0.15) is 6.61 Å². The molecule has 0 spiro atoms. The number of hydrogen-bond acceptors (Lipinski definition) is 2. The van der Waals surface area contributed by atoms with Gasteiger partial charge < -0.3 is 4.84 Å². The van der Waals surface area contributed by atoms with Gasteiger partial charge in [0.05, 0.1) is 0 Å². The van der Waals surface area contributed by atoms with Gasteiger partial charge in [-0.05, 0) is 19.8 Å². The van der Waals surface area contributed by atoms with Crippen LogP contribution in [0.1, 0.15) is 39.5 Å². The van der Waals surface area contributed by atoms with Crippen molar-refractivity contribution in [2.45, 2.75) is 39.5 Å². The molecule has 0 aliphatic heterocycles. The maximum Gasteiger partial charge on any atom is 0.117 e. The summed E-state index contributed by atoms with van der Waals surface area (Å²) in [5, 5.41) is 3.64. The monoisotopic (exact) mass is 143 g/mol. The average molecular weight is 143 g/mol. The lowest BCUT2D eigenvalue weighted by atomic mass is 10.2. The molecule has 0 unspecified atom stereocenters. The molecule has 10 heavy (non-hydrogen) atoms. The molecule has 0 aromatic rings. The van der Waals surface area contributed by atoms with Crippen molar-refractivity contribution in [3.63, 3.8) is 0 Å². The summed E-state index contributed by atoms with van der Waals surface area (Å²) in [6.07, 6.45) is 6.64. The normalized spacial score (nSPS) is 10.6. The first-order valence-corrected chi connectivity index (χ1v) is 4.01. The van der Waals surface area contributed by atoms with Gasteiger partial charge in [-0.3, -0.25) is 0 Å². The van der Waals surface area contributed by atoms with Gasteiger partial charge in [0.15, 0.2) is 0 Å². The maximum atomic E-state index is 4.90. The predicted molar refractivity (Wildman–Crippen MR) is 44.3 cm³/mol. The topological polar surface area (TPSA) is 21.6 Å². The molecule has 2 heteroatoms. The Labute approximate surface area is 63.3 Å². The van der Waals surface area contributed by atoms with Crippen molar-refractivity contribution in [1.82, 2.24) is 0 Å². The molecule has 0 amide bonds. The Morgan fingerprint density at radius 2 is 2.10 bits per heavy atom. The van der Waals surface area contributed by atoms with Crippen molar-refractivity contribution in [2.75, 3.05) is 6.61 Å². The van der Waals surface area contributed by atoms with Crippen LogP contribution in [-0.4, -0.2) is 12.8 Å². The minimum absolute atomic E-state index is 0.768. The molecule has 0 atom stereocenters. The van der Waals surface area contributed by atoms with Gasteiger partial charge in [0.25, 0.3) is 0 Å². The zero-order chi connectivity index (χ0) is 7.66. The molecule has 0 aromatic carbocycles. The van der Waals surface area contributed by atoms with E-state index in [0.29, 0.717) is 0 Å². The third-order valence-corrected chi connectivity index (χ3v) is 1.27. The summed E-state index contributed by atoms with van der Waals surface area (Å²) in [5.74, 6) is 0. The zero-order valence-corrected chi connectivity index (χ0v) is 6.97. The Morgan fingerprint density at radius 1 is 1.30 bits per heavy atom. The zero-order valence-electron chi connectivity index (χ0n) is 6.97. The third-order valence-electron chi connectivity index (χ3n) is 1.27. The summed E-state index contributed by atoms with van der Waals surface area (Å²) in [5.41, 5.74) is 0. The lowest BCUT2D eigenvalue weighted by Crippen LogP contribution is -1.87. The highest BCUT2D eigenvalue weighted by atomic mass is 16.6. The van der Waals surface area contributed by atoms with Crippen LogP contribution in [0.15, 0.2) is 5.16 Å². The van der Waals surface area contributed by atoms with Gasteiger partial charge in [-0.25, -0.2) is 0 Å². The SMILES string of the molecule is C/C=N\OCCCCCC. The number of unbranched alkanes of at least 4 members (excludes halogenated alkanes) is 3. The van der Waals surface area contributed by atoms with E-state index < -0.39 is 0 Å². The number of hydrogen-bond donors (Lipinski definition) is 0. The summed E-state index contributed by atoms with van der Waals surface area (Å²) < 4.78 is 0. The van der Waals surface area contributed by atoms with Crippen LogP contribution in [0.25, 0.3) is 0 Å². The van der Waals surface area contributed by atoms with E-state index in [0.717, 1.165) is 13.0 Å². The van der Waals surface area contributed by atoms with Gasteiger partial charge in [-0.15, -0.1) is 0 Å². The highest BCUT2D eigenvalue weighted by Crippen LogP contribution is 1.98. The Kier molecular flexibility index (Phi) is 8.02. The summed E-state index contributed by atoms with van der Waals surface area (Å²) >= 11 is 0. The van der Waals surface area contributed by atoms with E-state index >= 15 is 0 Å². The van der Waals surface area contributed by atoms with Crippen molar-refractivity contribution in [3.8, 4) is 0 Å². The Bertz CT molecular complexity index is 81.3. The lowest BCUT2D eigenvalue weighted by Gasteiger charge is -1.96. The fraction of sp³-hybridized carbons (Fsp3) is 0.875. The highest BCUT2D eigenvalue weighted by molar-refractivity contribution is 5.52. The molecule has 0 radical (unpaired) electrons. The highest BCUT2D eigenvalue weighted by Gasteiger charge is 1.85. The molecule has 0 N–H and O–H groups in total. The standard InChI is InChI=1S/C8H17NO/c1-3-5-6-7-8-10-9-4-2/h4H,3,5-8H2,1-2H3/b9-4-. The first-order chi connectivity index (χ1) is 4.91. The van der Waals surface area contributed by atoms with Gasteiger partial charge in [-0.1, -0.05) is 24.9 Å². The average Bonchev–Trinajstić information content (AvgIpc) is 1.97. The van der Waals surface area contributed by atoms with E-state index in [9.17, 15) is 0 Å². The molecular weight excluding hydrogens is 126 g/mol. The van der Waals surface area contributed by atoms with Crippen molar-refractivity contribution in [3.05, 3.63) is 0 Å². The van der Waals surface area contributed by atoms with Crippen LogP contribution in [-0.2, 0) is 4.84 Å². The van der Waals surface area contributed by atoms with Crippen molar-refractivity contribution in [2.24, 2.45) is 5.16 Å². The second-order valence-corrected chi connectivity index (χ2v) is 2.26. The quantitative estimate of drug-likeness (QED) is 0.318. The molecule has 0 bridgehead atoms. The molecular formula is C8H17NO. The van der Waals surface area contributed by atoms with Crippen LogP contribution < -0.4 is 0 Å². The fourth-order valence-electron chi connectivity index (χ4n) is 0.721. The predicted octanol–water partition coefficient (Wildman–Crippen LogP) is 2.59.